The molecule has 0 aromatic carbocycles. The van der Waals surface area contributed by atoms with Crippen molar-refractivity contribution in [3.63, 3.8) is 0 Å². The Labute approximate surface area is 112 Å². The molecule has 3 N–H and O–H groups in total. The molecule has 1 saturated heterocycles. The van der Waals surface area contributed by atoms with Gasteiger partial charge < -0.3 is 20.6 Å². The average Bonchev–Trinajstić information content (AvgIpc) is 2.46. The molecule has 2 heterocycles. The molecule has 0 aliphatic carbocycles. The van der Waals surface area contributed by atoms with Gasteiger partial charge in [-0.3, -0.25) is 4.98 Å². The van der Waals surface area contributed by atoms with E-state index in [9.17, 15) is 0 Å². The highest BCUT2D eigenvalue weighted by molar-refractivity contribution is 6.02. The summed E-state index contributed by atoms with van der Waals surface area (Å²) in [7, 11) is 0. The summed E-state index contributed by atoms with van der Waals surface area (Å²) in [5, 5.41) is 12.0. The summed E-state index contributed by atoms with van der Waals surface area (Å²) >= 11 is 0. The van der Waals surface area contributed by atoms with Crippen LogP contribution in [0.5, 0.6) is 0 Å². The van der Waals surface area contributed by atoms with E-state index in [1.54, 1.807) is 18.5 Å². The highest BCUT2D eigenvalue weighted by atomic mass is 16.5. The number of aromatic nitrogens is 1. The predicted molar refractivity (Wildman–Crippen MR) is 73.6 cm³/mol. The lowest BCUT2D eigenvalue weighted by Crippen LogP contribution is -2.49. The molecule has 2 atom stereocenters. The molecule has 1 aliphatic rings. The molecule has 19 heavy (non-hydrogen) atoms. The minimum Gasteiger partial charge on any atom is -0.409 e. The van der Waals surface area contributed by atoms with Crippen molar-refractivity contribution in [1.29, 1.82) is 0 Å². The lowest BCUT2D eigenvalue weighted by molar-refractivity contribution is 0.0299. The van der Waals surface area contributed by atoms with Gasteiger partial charge in [0.05, 0.1) is 30.6 Å². The van der Waals surface area contributed by atoms with E-state index in [2.05, 4.69) is 22.0 Å². The van der Waals surface area contributed by atoms with Gasteiger partial charge in [0.2, 0.25) is 0 Å². The molecule has 0 spiro atoms. The van der Waals surface area contributed by atoms with Crippen LogP contribution in [0.15, 0.2) is 23.6 Å². The Hall–Kier alpha value is -1.82. The third-order valence-electron chi connectivity index (χ3n) is 3.43. The van der Waals surface area contributed by atoms with E-state index in [0.29, 0.717) is 12.2 Å². The van der Waals surface area contributed by atoms with Gasteiger partial charge in [-0.2, -0.15) is 0 Å². The van der Waals surface area contributed by atoms with Crippen LogP contribution in [0.25, 0.3) is 0 Å². The molecule has 2 rings (SSSR count). The van der Waals surface area contributed by atoms with E-state index < -0.39 is 0 Å². The maximum absolute atomic E-state index is 8.89. The average molecular weight is 264 g/mol. The smallest absolute Gasteiger partial charge is 0.172 e. The maximum atomic E-state index is 8.89. The van der Waals surface area contributed by atoms with Crippen molar-refractivity contribution in [3.05, 3.63) is 24.0 Å². The van der Waals surface area contributed by atoms with Crippen LogP contribution in [0.2, 0.25) is 0 Å². The SMILES string of the molecule is CCC1COC(C)CN1c1cnccc1/C(N)=N/O. The van der Waals surface area contributed by atoms with Crippen LogP contribution in [0.4, 0.5) is 5.69 Å². The normalized spacial score (nSPS) is 24.5. The van der Waals surface area contributed by atoms with Crippen LogP contribution in [-0.2, 0) is 4.74 Å². The second-order valence-corrected chi connectivity index (χ2v) is 4.74. The van der Waals surface area contributed by atoms with Crippen molar-refractivity contribution in [2.45, 2.75) is 32.4 Å². The molecule has 2 unspecified atom stereocenters. The maximum Gasteiger partial charge on any atom is 0.172 e. The summed E-state index contributed by atoms with van der Waals surface area (Å²) in [6.07, 6.45) is 4.52. The lowest BCUT2D eigenvalue weighted by atomic mass is 10.1. The highest BCUT2D eigenvalue weighted by Gasteiger charge is 2.28. The number of hydrogen-bond donors (Lipinski definition) is 2. The molecule has 1 aromatic heterocycles. The number of ether oxygens (including phenoxy) is 1. The summed E-state index contributed by atoms with van der Waals surface area (Å²) < 4.78 is 5.69. The zero-order valence-corrected chi connectivity index (χ0v) is 11.3. The summed E-state index contributed by atoms with van der Waals surface area (Å²) in [4.78, 5) is 6.39. The van der Waals surface area contributed by atoms with Gasteiger partial charge in [-0.1, -0.05) is 12.1 Å². The Balaban J connectivity index is 2.38. The Morgan fingerprint density at radius 3 is 3.16 bits per heavy atom. The van der Waals surface area contributed by atoms with Crippen molar-refractivity contribution in [3.8, 4) is 0 Å². The van der Waals surface area contributed by atoms with Gasteiger partial charge in [-0.15, -0.1) is 0 Å². The molecule has 1 aliphatic heterocycles. The number of morpholine rings is 1. The van der Waals surface area contributed by atoms with Gasteiger partial charge >= 0.3 is 0 Å². The summed E-state index contributed by atoms with van der Waals surface area (Å²) in [6, 6.07) is 2.04. The first kappa shape index (κ1) is 13.6. The fourth-order valence-corrected chi connectivity index (χ4v) is 2.36. The van der Waals surface area contributed by atoms with Gasteiger partial charge in [0.25, 0.3) is 0 Å². The standard InChI is InChI=1S/C13H20N4O2/c1-3-10-8-19-9(2)7-17(10)12-6-15-5-4-11(12)13(14)16-18/h4-6,9-10,18H,3,7-8H2,1-2H3,(H2,14,16). The molecule has 6 nitrogen and oxygen atoms in total. The van der Waals surface area contributed by atoms with Crippen molar-refractivity contribution in [1.82, 2.24) is 4.98 Å². The number of rotatable bonds is 3. The van der Waals surface area contributed by atoms with Gasteiger partial charge in [0.15, 0.2) is 5.84 Å². The largest absolute Gasteiger partial charge is 0.409 e. The zero-order valence-electron chi connectivity index (χ0n) is 11.3. The Bertz CT molecular complexity index is 464. The molecule has 0 amide bonds. The Kier molecular flexibility index (Phi) is 4.21. The lowest BCUT2D eigenvalue weighted by Gasteiger charge is -2.40. The van der Waals surface area contributed by atoms with E-state index in [0.717, 1.165) is 18.7 Å². The quantitative estimate of drug-likeness (QED) is 0.371. The van der Waals surface area contributed by atoms with E-state index >= 15 is 0 Å². The molecule has 0 radical (unpaired) electrons. The number of hydrogen-bond acceptors (Lipinski definition) is 5. The monoisotopic (exact) mass is 264 g/mol. The van der Waals surface area contributed by atoms with Crippen LogP contribution in [0.1, 0.15) is 25.8 Å². The minimum atomic E-state index is 0.103. The molecule has 6 heteroatoms. The van der Waals surface area contributed by atoms with Crippen LogP contribution in [0, 0.1) is 0 Å². The molecular formula is C13H20N4O2. The number of amidine groups is 1. The first-order valence-corrected chi connectivity index (χ1v) is 6.47. The van der Waals surface area contributed by atoms with E-state index in [1.165, 1.54) is 0 Å². The number of nitrogens with zero attached hydrogens (tertiary/aromatic N) is 3. The summed E-state index contributed by atoms with van der Waals surface area (Å²) in [5.41, 5.74) is 7.33. The first-order valence-electron chi connectivity index (χ1n) is 6.47. The first-order chi connectivity index (χ1) is 9.17. The number of anilines is 1. The van der Waals surface area contributed by atoms with Crippen LogP contribution in [-0.4, -0.2) is 41.3 Å². The summed E-state index contributed by atoms with van der Waals surface area (Å²) in [5.74, 6) is 0.103. The zero-order chi connectivity index (χ0) is 13.8. The fourth-order valence-electron chi connectivity index (χ4n) is 2.36. The van der Waals surface area contributed by atoms with Crippen LogP contribution < -0.4 is 10.6 Å². The van der Waals surface area contributed by atoms with Crippen LogP contribution in [0.3, 0.4) is 0 Å². The second kappa shape index (κ2) is 5.88. The summed E-state index contributed by atoms with van der Waals surface area (Å²) in [6.45, 7) is 5.62. The molecule has 0 saturated carbocycles. The number of oxime groups is 1. The predicted octanol–water partition coefficient (Wildman–Crippen LogP) is 1.18. The Morgan fingerprint density at radius 1 is 1.68 bits per heavy atom. The fraction of sp³-hybridized carbons (Fsp3) is 0.538. The number of pyridine rings is 1. The molecule has 104 valence electrons. The molecule has 1 fully saturated rings. The third-order valence-corrected chi connectivity index (χ3v) is 3.43. The van der Waals surface area contributed by atoms with E-state index in [4.69, 9.17) is 15.7 Å². The van der Waals surface area contributed by atoms with Crippen molar-refractivity contribution in [2.75, 3.05) is 18.1 Å². The van der Waals surface area contributed by atoms with Crippen molar-refractivity contribution >= 4 is 11.5 Å². The van der Waals surface area contributed by atoms with Gasteiger partial charge in [0, 0.05) is 18.3 Å². The van der Waals surface area contributed by atoms with Crippen molar-refractivity contribution < 1.29 is 9.94 Å². The van der Waals surface area contributed by atoms with E-state index in [1.807, 2.05) is 6.92 Å². The molecular weight excluding hydrogens is 244 g/mol. The third kappa shape index (κ3) is 2.78. The molecule has 0 bridgehead atoms. The van der Waals surface area contributed by atoms with E-state index in [-0.39, 0.29) is 18.0 Å². The van der Waals surface area contributed by atoms with Gasteiger partial charge in [0.1, 0.15) is 0 Å². The van der Waals surface area contributed by atoms with Gasteiger partial charge in [-0.05, 0) is 19.4 Å². The van der Waals surface area contributed by atoms with Crippen molar-refractivity contribution in [2.24, 2.45) is 10.9 Å². The van der Waals surface area contributed by atoms with Crippen LogP contribution >= 0.6 is 0 Å². The Morgan fingerprint density at radius 2 is 2.47 bits per heavy atom. The minimum absolute atomic E-state index is 0.103. The number of nitrogens with two attached hydrogens (primary N) is 1. The van der Waals surface area contributed by atoms with Gasteiger partial charge in [-0.25, -0.2) is 0 Å². The molecule has 1 aromatic rings. The topological polar surface area (TPSA) is 84.0 Å². The highest BCUT2D eigenvalue weighted by Crippen LogP contribution is 2.26. The second-order valence-electron chi connectivity index (χ2n) is 4.74.